The van der Waals surface area contributed by atoms with Crippen LogP contribution in [0.5, 0.6) is 0 Å². The van der Waals surface area contributed by atoms with Crippen LogP contribution in [0.4, 0.5) is 0 Å². The van der Waals surface area contributed by atoms with E-state index in [-0.39, 0.29) is 6.42 Å². The highest BCUT2D eigenvalue weighted by molar-refractivity contribution is 5.79. The first-order valence-electron chi connectivity index (χ1n) is 9.79. The van der Waals surface area contributed by atoms with Gasteiger partial charge in [0.05, 0.1) is 12.7 Å². The number of aliphatic carboxylic acids is 1. The van der Waals surface area contributed by atoms with E-state index < -0.39 is 30.3 Å². The molecule has 1 aromatic rings. The Kier molecular flexibility index (Phi) is 9.93. The Balaban J connectivity index is 2.49. The van der Waals surface area contributed by atoms with Crippen molar-refractivity contribution in [3.8, 4) is 0 Å². The van der Waals surface area contributed by atoms with Gasteiger partial charge in [-0.15, -0.1) is 0 Å². The molecule has 0 radical (unpaired) electrons. The van der Waals surface area contributed by atoms with E-state index in [1.807, 2.05) is 0 Å². The van der Waals surface area contributed by atoms with Crippen molar-refractivity contribution in [3.05, 3.63) is 17.7 Å². The number of rotatable bonds is 14. The number of aliphatic hydroxyl groups excluding tert-OH is 3. The number of hydrogen-bond donors (Lipinski definition) is 6. The van der Waals surface area contributed by atoms with Gasteiger partial charge < -0.3 is 31.1 Å². The number of nitrogens with one attached hydrogen (secondary N) is 1. The predicted octanol–water partition coefficient (Wildman–Crippen LogP) is 1.30. The Labute approximate surface area is 160 Å². The number of aromatic amines is 1. The first-order chi connectivity index (χ1) is 12.8. The third-order valence-electron chi connectivity index (χ3n) is 5.12. The molecule has 156 valence electrons. The summed E-state index contributed by atoms with van der Waals surface area (Å²) in [5, 5.41) is 38.3. The van der Waals surface area contributed by atoms with Crippen LogP contribution >= 0.6 is 0 Å². The van der Waals surface area contributed by atoms with Crippen molar-refractivity contribution < 1.29 is 25.2 Å². The van der Waals surface area contributed by atoms with E-state index in [0.29, 0.717) is 12.3 Å². The minimum atomic E-state index is -2.29. The van der Waals surface area contributed by atoms with Gasteiger partial charge in [0.2, 0.25) is 0 Å². The Hall–Kier alpha value is -1.48. The molecule has 0 fully saturated rings. The van der Waals surface area contributed by atoms with Gasteiger partial charge >= 0.3 is 5.97 Å². The average Bonchev–Trinajstić information content (AvgIpc) is 3.13. The highest BCUT2D eigenvalue weighted by Crippen LogP contribution is 2.21. The van der Waals surface area contributed by atoms with Gasteiger partial charge in [0.1, 0.15) is 11.9 Å². The van der Waals surface area contributed by atoms with E-state index in [9.17, 15) is 15.0 Å². The van der Waals surface area contributed by atoms with Crippen LogP contribution in [0, 0.1) is 0 Å². The first-order valence-corrected chi connectivity index (χ1v) is 9.79. The number of aliphatic hydroxyl groups is 3. The molecule has 0 aliphatic heterocycles. The van der Waals surface area contributed by atoms with E-state index in [0.717, 1.165) is 24.4 Å². The van der Waals surface area contributed by atoms with Crippen LogP contribution in [0.1, 0.15) is 76.2 Å². The molecule has 0 aliphatic rings. The number of hydrogen-bond acceptors (Lipinski definition) is 6. The highest BCUT2D eigenvalue weighted by atomic mass is 16.4. The number of aromatic nitrogens is 2. The van der Waals surface area contributed by atoms with Crippen molar-refractivity contribution in [2.75, 3.05) is 6.61 Å². The second kappa shape index (κ2) is 11.4. The zero-order valence-electron chi connectivity index (χ0n) is 16.4. The number of nitrogens with zero attached hydrogens (tertiary/aromatic N) is 1. The quantitative estimate of drug-likeness (QED) is 0.264. The topological polar surface area (TPSA) is 153 Å². The summed E-state index contributed by atoms with van der Waals surface area (Å²) in [5.41, 5.74) is 4.01. The van der Waals surface area contributed by atoms with Crippen molar-refractivity contribution >= 4 is 5.97 Å². The molecular weight excluding hydrogens is 350 g/mol. The Morgan fingerprint density at radius 2 is 1.93 bits per heavy atom. The van der Waals surface area contributed by atoms with Gasteiger partial charge in [-0.2, -0.15) is 0 Å². The largest absolute Gasteiger partial charge is 0.480 e. The third-order valence-corrected chi connectivity index (χ3v) is 5.12. The normalized spacial score (nSPS) is 17.3. The van der Waals surface area contributed by atoms with Crippen LogP contribution < -0.4 is 5.73 Å². The molecule has 1 rings (SSSR count). The lowest BCUT2D eigenvalue weighted by molar-refractivity contribution is -0.155. The molecule has 1 aromatic heterocycles. The molecule has 8 nitrogen and oxygen atoms in total. The van der Waals surface area contributed by atoms with Gasteiger partial charge in [-0.25, -0.2) is 4.98 Å². The van der Waals surface area contributed by atoms with Crippen molar-refractivity contribution in [2.45, 2.75) is 88.9 Å². The van der Waals surface area contributed by atoms with Crippen molar-refractivity contribution in [1.29, 1.82) is 0 Å². The molecule has 0 spiro atoms. The van der Waals surface area contributed by atoms with E-state index in [1.165, 1.54) is 25.7 Å². The molecule has 0 bridgehead atoms. The summed E-state index contributed by atoms with van der Waals surface area (Å²) in [5.74, 6) is -0.355. The molecule has 1 heterocycles. The molecular formula is C19H35N3O5. The van der Waals surface area contributed by atoms with E-state index >= 15 is 0 Å². The Morgan fingerprint density at radius 3 is 2.52 bits per heavy atom. The predicted molar refractivity (Wildman–Crippen MR) is 102 cm³/mol. The molecule has 0 aromatic carbocycles. The van der Waals surface area contributed by atoms with E-state index in [1.54, 1.807) is 6.20 Å². The fraction of sp³-hybridized carbons (Fsp3) is 0.789. The number of unbranched alkanes of at least 4 members (excludes halogenated alkanes) is 4. The second-order valence-corrected chi connectivity index (χ2v) is 7.45. The zero-order chi connectivity index (χ0) is 20.4. The fourth-order valence-electron chi connectivity index (χ4n) is 3.04. The second-order valence-electron chi connectivity index (χ2n) is 7.45. The zero-order valence-corrected chi connectivity index (χ0v) is 16.4. The SMILES string of the molecule is CCCCCCCC(C)c1ncc(CCC(O)C(O)C(N)(CO)C(=O)O)[nH]1. The summed E-state index contributed by atoms with van der Waals surface area (Å²) >= 11 is 0. The van der Waals surface area contributed by atoms with E-state index in [4.69, 9.17) is 15.9 Å². The summed E-state index contributed by atoms with van der Waals surface area (Å²) in [4.78, 5) is 18.7. The minimum Gasteiger partial charge on any atom is -0.480 e. The highest BCUT2D eigenvalue weighted by Gasteiger charge is 2.44. The number of imidazole rings is 1. The van der Waals surface area contributed by atoms with Gasteiger partial charge in [-0.05, 0) is 19.3 Å². The molecule has 27 heavy (non-hydrogen) atoms. The minimum absolute atomic E-state index is 0.0976. The number of carboxylic acid groups (broad SMARTS) is 1. The lowest BCUT2D eigenvalue weighted by Crippen LogP contribution is -2.63. The molecule has 7 N–H and O–H groups in total. The maximum absolute atomic E-state index is 11.1. The summed E-state index contributed by atoms with van der Waals surface area (Å²) in [6, 6.07) is 0. The van der Waals surface area contributed by atoms with Gasteiger partial charge in [0.25, 0.3) is 0 Å². The van der Waals surface area contributed by atoms with Crippen molar-refractivity contribution in [2.24, 2.45) is 5.73 Å². The van der Waals surface area contributed by atoms with Gasteiger partial charge in [0.15, 0.2) is 5.54 Å². The molecule has 0 saturated heterocycles. The lowest BCUT2D eigenvalue weighted by atomic mass is 9.88. The number of H-pyrrole nitrogens is 1. The number of nitrogens with two attached hydrogens (primary N) is 1. The van der Waals surface area contributed by atoms with Crippen LogP contribution in [0.25, 0.3) is 0 Å². The summed E-state index contributed by atoms with van der Waals surface area (Å²) in [7, 11) is 0. The van der Waals surface area contributed by atoms with Gasteiger partial charge in [-0.1, -0.05) is 46.0 Å². The van der Waals surface area contributed by atoms with Gasteiger partial charge in [-0.3, -0.25) is 4.79 Å². The van der Waals surface area contributed by atoms with Crippen LogP contribution in [-0.4, -0.2) is 60.7 Å². The van der Waals surface area contributed by atoms with Crippen LogP contribution in [0.15, 0.2) is 6.20 Å². The monoisotopic (exact) mass is 385 g/mol. The smallest absolute Gasteiger partial charge is 0.328 e. The van der Waals surface area contributed by atoms with Crippen molar-refractivity contribution in [3.63, 3.8) is 0 Å². The van der Waals surface area contributed by atoms with Crippen LogP contribution in [0.3, 0.4) is 0 Å². The molecule has 0 aliphatic carbocycles. The molecule has 4 atom stereocenters. The standard InChI is InChI=1S/C19H35N3O5/c1-3-4-5-6-7-8-13(2)17-21-11-14(22-17)9-10-15(24)16(25)19(20,12-23)18(26)27/h11,13,15-16,23-25H,3-10,12,20H2,1-2H3,(H,21,22)(H,26,27). The maximum atomic E-state index is 11.1. The molecule has 4 unspecified atom stereocenters. The van der Waals surface area contributed by atoms with Gasteiger partial charge in [0, 0.05) is 17.8 Å². The van der Waals surface area contributed by atoms with Crippen LogP contribution in [0.2, 0.25) is 0 Å². The molecule has 0 saturated carbocycles. The van der Waals surface area contributed by atoms with Crippen LogP contribution in [-0.2, 0) is 11.2 Å². The summed E-state index contributed by atoms with van der Waals surface area (Å²) in [6.45, 7) is 3.35. The lowest BCUT2D eigenvalue weighted by Gasteiger charge is -2.31. The number of carbonyl (C=O) groups is 1. The number of aryl methyl sites for hydroxylation is 1. The van der Waals surface area contributed by atoms with E-state index in [2.05, 4.69) is 23.8 Å². The summed E-state index contributed by atoms with van der Waals surface area (Å²) in [6.07, 6.45) is 6.25. The Morgan fingerprint density at radius 1 is 1.26 bits per heavy atom. The molecule has 0 amide bonds. The Bertz CT molecular complexity index is 565. The number of carboxylic acids is 1. The maximum Gasteiger partial charge on any atom is 0.328 e. The summed E-state index contributed by atoms with van der Waals surface area (Å²) < 4.78 is 0. The average molecular weight is 386 g/mol. The third kappa shape index (κ3) is 6.88. The van der Waals surface area contributed by atoms with Crippen molar-refractivity contribution in [1.82, 2.24) is 9.97 Å². The molecule has 8 heteroatoms. The first kappa shape index (κ1) is 23.6. The fourth-order valence-corrected chi connectivity index (χ4v) is 3.04.